The second kappa shape index (κ2) is 12.0. The van der Waals surface area contributed by atoms with Crippen molar-refractivity contribution >= 4 is 17.5 Å². The molecule has 142 valence electrons. The minimum atomic E-state index is -0.797. The molecule has 0 bridgehead atoms. The predicted octanol–water partition coefficient (Wildman–Crippen LogP) is 3.68. The highest BCUT2D eigenvalue weighted by Gasteiger charge is 2.40. The van der Waals surface area contributed by atoms with E-state index in [1.165, 1.54) is 0 Å². The Balaban J connectivity index is 2.39. The smallest absolute Gasteiger partial charge is 0.303 e. The van der Waals surface area contributed by atoms with Gasteiger partial charge in [0.15, 0.2) is 0 Å². The number of hydrogen-bond acceptors (Lipinski definition) is 4. The summed E-state index contributed by atoms with van der Waals surface area (Å²) in [5.74, 6) is -0.863. The summed E-state index contributed by atoms with van der Waals surface area (Å²) in [5.41, 5.74) is 0. The molecule has 5 heteroatoms. The summed E-state index contributed by atoms with van der Waals surface area (Å²) in [5, 5.41) is 18.7. The predicted molar refractivity (Wildman–Crippen MR) is 96.2 cm³/mol. The number of aliphatic carboxylic acids is 1. The van der Waals surface area contributed by atoms with Crippen LogP contribution in [-0.2, 0) is 14.4 Å². The van der Waals surface area contributed by atoms with Crippen LogP contribution in [0.15, 0.2) is 12.2 Å². The Morgan fingerprint density at radius 1 is 1.12 bits per heavy atom. The Morgan fingerprint density at radius 3 is 2.56 bits per heavy atom. The van der Waals surface area contributed by atoms with Crippen molar-refractivity contribution in [2.75, 3.05) is 0 Å². The van der Waals surface area contributed by atoms with Crippen molar-refractivity contribution < 1.29 is 24.6 Å². The number of carboxylic acid groups (broad SMARTS) is 1. The van der Waals surface area contributed by atoms with Crippen molar-refractivity contribution in [3.05, 3.63) is 12.2 Å². The number of ketones is 2. The Hall–Kier alpha value is -1.49. The fourth-order valence-corrected chi connectivity index (χ4v) is 3.47. The van der Waals surface area contributed by atoms with Gasteiger partial charge < -0.3 is 10.2 Å². The first-order valence-corrected chi connectivity index (χ1v) is 9.55. The number of hydrogen-bond donors (Lipinski definition) is 2. The Kier molecular flexibility index (Phi) is 10.3. The lowest BCUT2D eigenvalue weighted by molar-refractivity contribution is -0.137. The van der Waals surface area contributed by atoms with E-state index in [1.54, 1.807) is 0 Å². The molecule has 0 saturated heterocycles. The summed E-state index contributed by atoms with van der Waals surface area (Å²) in [7, 11) is 0. The molecule has 0 unspecified atom stereocenters. The van der Waals surface area contributed by atoms with Gasteiger partial charge >= 0.3 is 5.97 Å². The molecule has 1 aliphatic rings. The molecule has 2 N–H and O–H groups in total. The van der Waals surface area contributed by atoms with Crippen molar-refractivity contribution in [3.63, 3.8) is 0 Å². The topological polar surface area (TPSA) is 91.7 Å². The minimum absolute atomic E-state index is 0.0677. The molecule has 0 aromatic rings. The fraction of sp³-hybridized carbons (Fsp3) is 0.750. The highest BCUT2D eigenvalue weighted by atomic mass is 16.4. The lowest BCUT2D eigenvalue weighted by atomic mass is 9.86. The standard InChI is InChI=1S/C20H32O5/c1-2-3-6-9-15(21)12-13-17-16(18(22)14-19(17)23)10-7-4-5-8-11-20(24)25/h4,7,16-18,22H,2-3,5-6,8-14H2,1H3,(H,24,25)/b7-4+/t16-,17-,18+/m1/s1. The highest BCUT2D eigenvalue weighted by Crippen LogP contribution is 2.35. The number of Topliss-reactive ketones (excluding diaryl/α,β-unsaturated/α-hetero) is 2. The molecule has 1 fully saturated rings. The molecule has 0 spiro atoms. The van der Waals surface area contributed by atoms with Gasteiger partial charge in [0, 0.05) is 31.6 Å². The van der Waals surface area contributed by atoms with Crippen LogP contribution >= 0.6 is 0 Å². The van der Waals surface area contributed by atoms with Gasteiger partial charge in [0.2, 0.25) is 0 Å². The lowest BCUT2D eigenvalue weighted by Crippen LogP contribution is -2.21. The summed E-state index contributed by atoms with van der Waals surface area (Å²) in [6.07, 6.45) is 10.1. The van der Waals surface area contributed by atoms with Crippen LogP contribution in [-0.4, -0.2) is 33.9 Å². The van der Waals surface area contributed by atoms with Gasteiger partial charge in [0.1, 0.15) is 11.6 Å². The second-order valence-corrected chi connectivity index (χ2v) is 7.04. The SMILES string of the molecule is CCCCCC(=O)CC[C@H]1C(=O)C[C@H](O)[C@@H]1C/C=C/CCCC(=O)O. The van der Waals surface area contributed by atoms with Crippen LogP contribution in [0.1, 0.15) is 77.6 Å². The average molecular weight is 352 g/mol. The van der Waals surface area contributed by atoms with Crippen LogP contribution in [0.4, 0.5) is 0 Å². The number of carboxylic acids is 1. The Bertz CT molecular complexity index is 469. The van der Waals surface area contributed by atoms with Crippen molar-refractivity contribution in [2.24, 2.45) is 11.8 Å². The van der Waals surface area contributed by atoms with Crippen LogP contribution in [0.25, 0.3) is 0 Å². The van der Waals surface area contributed by atoms with Gasteiger partial charge in [-0.05, 0) is 38.0 Å². The molecule has 0 amide bonds. The maximum Gasteiger partial charge on any atom is 0.303 e. The third-order valence-electron chi connectivity index (χ3n) is 4.96. The minimum Gasteiger partial charge on any atom is -0.481 e. The van der Waals surface area contributed by atoms with E-state index in [1.807, 2.05) is 12.2 Å². The molecule has 1 aliphatic carbocycles. The molecule has 0 aromatic carbocycles. The van der Waals surface area contributed by atoms with Gasteiger partial charge in [-0.3, -0.25) is 14.4 Å². The summed E-state index contributed by atoms with van der Waals surface area (Å²) < 4.78 is 0. The van der Waals surface area contributed by atoms with Gasteiger partial charge in [0.25, 0.3) is 0 Å². The second-order valence-electron chi connectivity index (χ2n) is 7.04. The van der Waals surface area contributed by atoms with Crippen LogP contribution in [0, 0.1) is 11.8 Å². The first-order valence-electron chi connectivity index (χ1n) is 9.55. The van der Waals surface area contributed by atoms with Crippen molar-refractivity contribution in [1.29, 1.82) is 0 Å². The van der Waals surface area contributed by atoms with Gasteiger partial charge in [-0.15, -0.1) is 0 Å². The first kappa shape index (κ1) is 21.6. The lowest BCUT2D eigenvalue weighted by Gasteiger charge is -2.19. The van der Waals surface area contributed by atoms with Crippen LogP contribution < -0.4 is 0 Å². The van der Waals surface area contributed by atoms with E-state index in [-0.39, 0.29) is 36.2 Å². The zero-order valence-corrected chi connectivity index (χ0v) is 15.3. The molecular weight excluding hydrogens is 320 g/mol. The zero-order chi connectivity index (χ0) is 18.7. The zero-order valence-electron chi connectivity index (χ0n) is 15.3. The summed E-state index contributed by atoms with van der Waals surface area (Å²) in [6, 6.07) is 0. The fourth-order valence-electron chi connectivity index (χ4n) is 3.47. The van der Waals surface area contributed by atoms with Crippen molar-refractivity contribution in [2.45, 2.75) is 83.7 Å². The number of aliphatic hydroxyl groups excluding tert-OH is 1. The normalized spacial score (nSPS) is 23.4. The maximum absolute atomic E-state index is 12.1. The molecule has 0 radical (unpaired) electrons. The summed E-state index contributed by atoms with van der Waals surface area (Å²) in [4.78, 5) is 34.5. The van der Waals surface area contributed by atoms with Gasteiger partial charge in [0.05, 0.1) is 6.10 Å². The number of carbonyl (C=O) groups excluding carboxylic acids is 2. The average Bonchev–Trinajstić information content (AvgIpc) is 2.82. The number of allylic oxidation sites excluding steroid dienone is 2. The number of aliphatic hydroxyl groups is 1. The summed E-state index contributed by atoms with van der Waals surface area (Å²) >= 11 is 0. The first-order chi connectivity index (χ1) is 12.0. The van der Waals surface area contributed by atoms with Gasteiger partial charge in [-0.25, -0.2) is 0 Å². The molecule has 5 nitrogen and oxygen atoms in total. The van der Waals surface area contributed by atoms with Gasteiger partial charge in [-0.2, -0.15) is 0 Å². The van der Waals surface area contributed by atoms with Crippen molar-refractivity contribution in [1.82, 2.24) is 0 Å². The molecule has 25 heavy (non-hydrogen) atoms. The third-order valence-corrected chi connectivity index (χ3v) is 4.96. The molecule has 1 rings (SSSR count). The van der Waals surface area contributed by atoms with Crippen LogP contribution in [0.2, 0.25) is 0 Å². The number of carbonyl (C=O) groups is 3. The molecule has 1 saturated carbocycles. The van der Waals surface area contributed by atoms with E-state index in [4.69, 9.17) is 5.11 Å². The molecule has 0 aromatic heterocycles. The number of unbranched alkanes of at least 4 members (excludes halogenated alkanes) is 3. The van der Waals surface area contributed by atoms with Crippen LogP contribution in [0.5, 0.6) is 0 Å². The molecule has 0 heterocycles. The highest BCUT2D eigenvalue weighted by molar-refractivity contribution is 5.85. The quantitative estimate of drug-likeness (QED) is 0.390. The van der Waals surface area contributed by atoms with E-state index in [0.717, 1.165) is 19.3 Å². The van der Waals surface area contributed by atoms with E-state index in [0.29, 0.717) is 38.5 Å². The number of rotatable bonds is 13. The van der Waals surface area contributed by atoms with Crippen LogP contribution in [0.3, 0.4) is 0 Å². The van der Waals surface area contributed by atoms with E-state index in [2.05, 4.69) is 6.92 Å². The van der Waals surface area contributed by atoms with E-state index >= 15 is 0 Å². The maximum atomic E-state index is 12.1. The van der Waals surface area contributed by atoms with Gasteiger partial charge in [-0.1, -0.05) is 31.9 Å². The van der Waals surface area contributed by atoms with E-state index in [9.17, 15) is 19.5 Å². The van der Waals surface area contributed by atoms with E-state index < -0.39 is 12.1 Å². The monoisotopic (exact) mass is 352 g/mol. The third kappa shape index (κ3) is 8.43. The Morgan fingerprint density at radius 2 is 1.88 bits per heavy atom. The molecular formula is C20H32O5. The molecule has 3 atom stereocenters. The van der Waals surface area contributed by atoms with Crippen molar-refractivity contribution in [3.8, 4) is 0 Å². The largest absolute Gasteiger partial charge is 0.481 e. The Labute approximate surface area is 150 Å². The molecule has 0 aliphatic heterocycles. The summed E-state index contributed by atoms with van der Waals surface area (Å²) in [6.45, 7) is 2.10.